The van der Waals surface area contributed by atoms with Gasteiger partial charge in [-0.3, -0.25) is 0 Å². The molecule has 7 heteroatoms. The second kappa shape index (κ2) is 7.72. The molecule has 0 N–H and O–H groups in total. The SMILES string of the molecule is COc1ccc(OC(=O)[C@@]2(C(C)C)N=C(c3ccc(OC)cc3)OC2=O)cc1. The van der Waals surface area contributed by atoms with E-state index >= 15 is 0 Å². The standard InChI is InChI=1S/C21H21NO6/c1-13(2)21(19(23)27-17-11-9-16(26-4)10-12-17)20(24)28-18(22-21)14-5-7-15(25-3)8-6-14/h5-13H,1-4H3/t21-/m1/s1. The molecule has 7 nitrogen and oxygen atoms in total. The second-order valence-electron chi connectivity index (χ2n) is 6.52. The van der Waals surface area contributed by atoms with Gasteiger partial charge in [0.15, 0.2) is 0 Å². The summed E-state index contributed by atoms with van der Waals surface area (Å²) in [5.41, 5.74) is -1.20. The van der Waals surface area contributed by atoms with Crippen LogP contribution in [0.25, 0.3) is 0 Å². The molecule has 0 aliphatic carbocycles. The van der Waals surface area contributed by atoms with Crippen LogP contribution in [0.1, 0.15) is 19.4 Å². The molecular weight excluding hydrogens is 362 g/mol. The predicted octanol–water partition coefficient (Wildman–Crippen LogP) is 3.01. The Morgan fingerprint density at radius 2 is 1.43 bits per heavy atom. The first-order chi connectivity index (χ1) is 13.4. The van der Waals surface area contributed by atoms with Crippen molar-refractivity contribution in [2.75, 3.05) is 14.2 Å². The zero-order valence-electron chi connectivity index (χ0n) is 16.1. The molecule has 2 aromatic carbocycles. The van der Waals surface area contributed by atoms with Gasteiger partial charge in [-0.15, -0.1) is 0 Å². The minimum absolute atomic E-state index is 0.0769. The van der Waals surface area contributed by atoms with Crippen molar-refractivity contribution in [1.82, 2.24) is 0 Å². The zero-order valence-corrected chi connectivity index (χ0v) is 16.1. The van der Waals surface area contributed by atoms with Crippen LogP contribution in [0.3, 0.4) is 0 Å². The molecule has 0 fully saturated rings. The number of carbonyl (C=O) groups excluding carboxylic acids is 2. The van der Waals surface area contributed by atoms with Gasteiger partial charge >= 0.3 is 11.9 Å². The molecule has 146 valence electrons. The molecule has 1 atom stereocenters. The van der Waals surface area contributed by atoms with E-state index in [0.717, 1.165) is 0 Å². The van der Waals surface area contributed by atoms with E-state index in [-0.39, 0.29) is 11.6 Å². The lowest BCUT2D eigenvalue weighted by Gasteiger charge is -2.23. The molecular formula is C21H21NO6. The van der Waals surface area contributed by atoms with Crippen LogP contribution in [0.15, 0.2) is 53.5 Å². The summed E-state index contributed by atoms with van der Waals surface area (Å²) in [6, 6.07) is 13.3. The highest BCUT2D eigenvalue weighted by molar-refractivity contribution is 6.17. The van der Waals surface area contributed by atoms with Crippen LogP contribution in [0.4, 0.5) is 0 Å². The van der Waals surface area contributed by atoms with Crippen molar-refractivity contribution in [3.8, 4) is 17.2 Å². The number of aliphatic imine (C=N–C) groups is 1. The molecule has 0 aromatic heterocycles. The molecule has 1 heterocycles. The Morgan fingerprint density at radius 3 is 1.93 bits per heavy atom. The first-order valence-corrected chi connectivity index (χ1v) is 8.73. The first-order valence-electron chi connectivity index (χ1n) is 8.73. The van der Waals surface area contributed by atoms with Crippen molar-refractivity contribution < 1.29 is 28.5 Å². The van der Waals surface area contributed by atoms with E-state index in [9.17, 15) is 9.59 Å². The van der Waals surface area contributed by atoms with E-state index in [1.165, 1.54) is 0 Å². The number of hydrogen-bond acceptors (Lipinski definition) is 7. The Balaban J connectivity index is 1.91. The van der Waals surface area contributed by atoms with Crippen LogP contribution >= 0.6 is 0 Å². The van der Waals surface area contributed by atoms with E-state index in [2.05, 4.69) is 4.99 Å². The number of rotatable bonds is 6. The van der Waals surface area contributed by atoms with Crippen LogP contribution in [0.5, 0.6) is 17.2 Å². The number of benzene rings is 2. The fourth-order valence-corrected chi connectivity index (χ4v) is 2.81. The summed E-state index contributed by atoms with van der Waals surface area (Å²) in [6.07, 6.45) is 0. The number of esters is 2. The van der Waals surface area contributed by atoms with Crippen LogP contribution in [0, 0.1) is 5.92 Å². The van der Waals surface area contributed by atoms with Gasteiger partial charge in [0.1, 0.15) is 17.2 Å². The van der Waals surface area contributed by atoms with Crippen LogP contribution in [-0.2, 0) is 14.3 Å². The summed E-state index contributed by atoms with van der Waals surface area (Å²) in [4.78, 5) is 30.0. The largest absolute Gasteiger partial charge is 0.497 e. The summed E-state index contributed by atoms with van der Waals surface area (Å²) in [6.45, 7) is 3.44. The molecule has 3 rings (SSSR count). The molecule has 0 saturated carbocycles. The summed E-state index contributed by atoms with van der Waals surface area (Å²) in [5, 5.41) is 0. The smallest absolute Gasteiger partial charge is 0.352 e. The molecule has 0 spiro atoms. The van der Waals surface area contributed by atoms with E-state index < -0.39 is 23.4 Å². The summed E-state index contributed by atoms with van der Waals surface area (Å²) in [5.74, 6) is -0.379. The van der Waals surface area contributed by atoms with Crippen LogP contribution in [0.2, 0.25) is 0 Å². The number of nitrogens with zero attached hydrogens (tertiary/aromatic N) is 1. The summed E-state index contributed by atoms with van der Waals surface area (Å²) < 4.78 is 21.0. The average molecular weight is 383 g/mol. The Bertz CT molecular complexity index is 901. The molecule has 0 radical (unpaired) electrons. The fourth-order valence-electron chi connectivity index (χ4n) is 2.81. The third-order valence-corrected chi connectivity index (χ3v) is 4.53. The molecule has 0 bridgehead atoms. The van der Waals surface area contributed by atoms with Gasteiger partial charge in [-0.05, 0) is 48.5 Å². The van der Waals surface area contributed by atoms with Gasteiger partial charge in [-0.2, -0.15) is 0 Å². The maximum absolute atomic E-state index is 12.9. The van der Waals surface area contributed by atoms with Gasteiger partial charge in [0, 0.05) is 11.5 Å². The number of cyclic esters (lactones) is 1. The highest BCUT2D eigenvalue weighted by atomic mass is 16.6. The number of hydrogen-bond donors (Lipinski definition) is 0. The summed E-state index contributed by atoms with van der Waals surface area (Å²) in [7, 11) is 3.10. The minimum Gasteiger partial charge on any atom is -0.497 e. The van der Waals surface area contributed by atoms with Crippen molar-refractivity contribution >= 4 is 17.8 Å². The fraction of sp³-hybridized carbons (Fsp3) is 0.286. The second-order valence-corrected chi connectivity index (χ2v) is 6.52. The van der Waals surface area contributed by atoms with E-state index in [0.29, 0.717) is 17.1 Å². The number of methoxy groups -OCH3 is 2. The molecule has 1 aliphatic rings. The third kappa shape index (κ3) is 3.43. The topological polar surface area (TPSA) is 83.4 Å². The lowest BCUT2D eigenvalue weighted by Crippen LogP contribution is -2.49. The molecule has 0 saturated heterocycles. The van der Waals surface area contributed by atoms with E-state index in [4.69, 9.17) is 18.9 Å². The average Bonchev–Trinajstić information content (AvgIpc) is 3.07. The Morgan fingerprint density at radius 1 is 0.929 bits per heavy atom. The normalized spacial score (nSPS) is 18.5. The predicted molar refractivity (Wildman–Crippen MR) is 102 cm³/mol. The van der Waals surface area contributed by atoms with Gasteiger partial charge in [0.05, 0.1) is 14.2 Å². The van der Waals surface area contributed by atoms with E-state index in [1.807, 2.05) is 0 Å². The van der Waals surface area contributed by atoms with E-state index in [1.54, 1.807) is 76.6 Å². The minimum atomic E-state index is -1.77. The van der Waals surface area contributed by atoms with Crippen LogP contribution in [-0.4, -0.2) is 37.6 Å². The highest BCUT2D eigenvalue weighted by Gasteiger charge is 2.57. The molecule has 28 heavy (non-hydrogen) atoms. The van der Waals surface area contributed by atoms with Crippen molar-refractivity contribution in [2.45, 2.75) is 19.4 Å². The molecule has 0 amide bonds. The highest BCUT2D eigenvalue weighted by Crippen LogP contribution is 2.33. The van der Waals surface area contributed by atoms with Crippen molar-refractivity contribution in [3.05, 3.63) is 54.1 Å². The molecule has 0 unspecified atom stereocenters. The third-order valence-electron chi connectivity index (χ3n) is 4.53. The van der Waals surface area contributed by atoms with Gasteiger partial charge < -0.3 is 18.9 Å². The summed E-state index contributed by atoms with van der Waals surface area (Å²) >= 11 is 0. The Kier molecular flexibility index (Phi) is 5.35. The quantitative estimate of drug-likeness (QED) is 0.433. The number of carbonyl (C=O) groups is 2. The van der Waals surface area contributed by atoms with Crippen LogP contribution < -0.4 is 14.2 Å². The van der Waals surface area contributed by atoms with Gasteiger partial charge in [-0.1, -0.05) is 13.8 Å². The molecule has 1 aliphatic heterocycles. The van der Waals surface area contributed by atoms with Gasteiger partial charge in [0.25, 0.3) is 5.54 Å². The molecule has 2 aromatic rings. The van der Waals surface area contributed by atoms with Crippen molar-refractivity contribution in [2.24, 2.45) is 10.9 Å². The zero-order chi connectivity index (χ0) is 20.3. The maximum Gasteiger partial charge on any atom is 0.352 e. The van der Waals surface area contributed by atoms with Crippen molar-refractivity contribution in [3.63, 3.8) is 0 Å². The number of ether oxygens (including phenoxy) is 4. The Labute approximate surface area is 162 Å². The lowest BCUT2D eigenvalue weighted by molar-refractivity contribution is -0.154. The Hall–Kier alpha value is -3.35. The first kappa shape index (κ1) is 19.4. The van der Waals surface area contributed by atoms with Gasteiger partial charge in [-0.25, -0.2) is 14.6 Å². The van der Waals surface area contributed by atoms with Crippen molar-refractivity contribution in [1.29, 1.82) is 0 Å². The monoisotopic (exact) mass is 383 g/mol. The lowest BCUT2D eigenvalue weighted by atomic mass is 9.87. The maximum atomic E-state index is 12.9. The van der Waals surface area contributed by atoms with Gasteiger partial charge in [0.2, 0.25) is 5.90 Å².